The van der Waals surface area contributed by atoms with Gasteiger partial charge in [0.15, 0.2) is 0 Å². The first-order valence-corrected chi connectivity index (χ1v) is 9.28. The smallest absolute Gasteiger partial charge is 0.219 e. The minimum absolute atomic E-state index is 0.0220. The molecule has 6 heteroatoms. The molecule has 5 nitrogen and oxygen atoms in total. The number of aromatic nitrogens is 1. The summed E-state index contributed by atoms with van der Waals surface area (Å²) < 4.78 is 11.0. The van der Waals surface area contributed by atoms with Gasteiger partial charge in [-0.3, -0.25) is 4.79 Å². The molecule has 1 aromatic heterocycles. The van der Waals surface area contributed by atoms with Gasteiger partial charge in [-0.1, -0.05) is 32.0 Å². The Hall–Kier alpha value is -1.92. The molecule has 0 atom stereocenters. The number of carbonyl (C=O) groups is 1. The zero-order chi connectivity index (χ0) is 18.2. The van der Waals surface area contributed by atoms with Crippen LogP contribution in [0.4, 0.5) is 0 Å². The molecule has 0 aliphatic heterocycles. The quantitative estimate of drug-likeness (QED) is 0.680. The van der Waals surface area contributed by atoms with Crippen LogP contribution in [0.15, 0.2) is 29.6 Å². The first-order valence-electron chi connectivity index (χ1n) is 8.40. The van der Waals surface area contributed by atoms with Gasteiger partial charge in [-0.2, -0.15) is 0 Å². The van der Waals surface area contributed by atoms with Gasteiger partial charge in [-0.15, -0.1) is 11.3 Å². The van der Waals surface area contributed by atoms with Gasteiger partial charge in [-0.05, 0) is 17.5 Å². The molecular weight excluding hydrogens is 336 g/mol. The van der Waals surface area contributed by atoms with E-state index in [0.717, 1.165) is 16.5 Å². The van der Waals surface area contributed by atoms with Crippen LogP contribution in [0.1, 0.15) is 43.0 Å². The second-order valence-corrected chi connectivity index (χ2v) is 7.09. The number of para-hydroxylation sites is 1. The maximum atomic E-state index is 11.7. The van der Waals surface area contributed by atoms with Crippen molar-refractivity contribution >= 4 is 17.2 Å². The monoisotopic (exact) mass is 362 g/mol. The van der Waals surface area contributed by atoms with E-state index >= 15 is 0 Å². The van der Waals surface area contributed by atoms with E-state index in [4.69, 9.17) is 9.47 Å². The van der Waals surface area contributed by atoms with Crippen LogP contribution in [0.5, 0.6) is 5.75 Å². The van der Waals surface area contributed by atoms with E-state index in [-0.39, 0.29) is 5.91 Å². The molecule has 0 fully saturated rings. The highest BCUT2D eigenvalue weighted by molar-refractivity contribution is 7.09. The second kappa shape index (κ2) is 9.53. The number of rotatable bonds is 9. The highest BCUT2D eigenvalue weighted by atomic mass is 32.1. The number of hydrogen-bond acceptors (Lipinski definition) is 5. The molecule has 1 heterocycles. The predicted octanol–water partition coefficient (Wildman–Crippen LogP) is 3.84. The van der Waals surface area contributed by atoms with Gasteiger partial charge in [-0.25, -0.2) is 4.98 Å². The normalized spacial score (nSPS) is 10.9. The number of benzene rings is 1. The minimum Gasteiger partial charge on any atom is -0.486 e. The molecule has 0 aliphatic rings. The van der Waals surface area contributed by atoms with E-state index in [1.165, 1.54) is 5.56 Å². The number of nitrogens with zero attached hydrogens (tertiary/aromatic N) is 2. The van der Waals surface area contributed by atoms with Gasteiger partial charge in [0.1, 0.15) is 17.4 Å². The maximum Gasteiger partial charge on any atom is 0.219 e. The third-order valence-corrected chi connectivity index (χ3v) is 4.73. The van der Waals surface area contributed by atoms with Gasteiger partial charge in [0.2, 0.25) is 5.91 Å². The van der Waals surface area contributed by atoms with E-state index in [1.807, 2.05) is 23.6 Å². The summed E-state index contributed by atoms with van der Waals surface area (Å²) in [6.07, 6.45) is 0. The molecule has 2 rings (SSSR count). The first-order chi connectivity index (χ1) is 12.0. The van der Waals surface area contributed by atoms with Crippen LogP contribution in [0, 0.1) is 0 Å². The van der Waals surface area contributed by atoms with Crippen molar-refractivity contribution in [3.05, 3.63) is 45.9 Å². The lowest BCUT2D eigenvalue weighted by molar-refractivity contribution is -0.130. The van der Waals surface area contributed by atoms with Gasteiger partial charge < -0.3 is 14.4 Å². The summed E-state index contributed by atoms with van der Waals surface area (Å²) in [5.41, 5.74) is 2.08. The van der Waals surface area contributed by atoms with Gasteiger partial charge in [0, 0.05) is 26.0 Å². The van der Waals surface area contributed by atoms with E-state index in [2.05, 4.69) is 24.9 Å². The van der Waals surface area contributed by atoms with Crippen LogP contribution in [0.25, 0.3) is 0 Å². The van der Waals surface area contributed by atoms with Crippen molar-refractivity contribution < 1.29 is 14.3 Å². The van der Waals surface area contributed by atoms with E-state index in [0.29, 0.717) is 32.2 Å². The molecule has 0 unspecified atom stereocenters. The summed E-state index contributed by atoms with van der Waals surface area (Å²) in [4.78, 5) is 18.0. The Labute approximate surface area is 153 Å². The van der Waals surface area contributed by atoms with Crippen LogP contribution in [0.3, 0.4) is 0 Å². The Morgan fingerprint density at radius 3 is 2.76 bits per heavy atom. The summed E-state index contributed by atoms with van der Waals surface area (Å²) >= 11 is 1.56. The van der Waals surface area contributed by atoms with Crippen molar-refractivity contribution in [2.75, 3.05) is 20.3 Å². The second-order valence-electron chi connectivity index (χ2n) is 6.15. The van der Waals surface area contributed by atoms with Gasteiger partial charge in [0.05, 0.1) is 18.8 Å². The van der Waals surface area contributed by atoms with Crippen LogP contribution in [-0.2, 0) is 22.7 Å². The number of amides is 1. The number of thiazole rings is 1. The Morgan fingerprint density at radius 1 is 1.32 bits per heavy atom. The minimum atomic E-state index is 0.0220. The molecule has 0 radical (unpaired) electrons. The lowest BCUT2D eigenvalue weighted by Crippen LogP contribution is -2.31. The van der Waals surface area contributed by atoms with Crippen molar-refractivity contribution in [2.45, 2.75) is 39.8 Å². The highest BCUT2D eigenvalue weighted by Gasteiger charge is 2.13. The molecule has 0 aliphatic carbocycles. The van der Waals surface area contributed by atoms with E-state index < -0.39 is 0 Å². The fourth-order valence-electron chi connectivity index (χ4n) is 2.46. The molecule has 0 bridgehead atoms. The number of carbonyl (C=O) groups excluding carboxylic acids is 1. The van der Waals surface area contributed by atoms with E-state index in [9.17, 15) is 4.79 Å². The first kappa shape index (κ1) is 19.4. The largest absolute Gasteiger partial charge is 0.486 e. The molecule has 0 saturated carbocycles. The van der Waals surface area contributed by atoms with Crippen LogP contribution in [-0.4, -0.2) is 36.1 Å². The Kier molecular flexibility index (Phi) is 7.40. The third-order valence-electron chi connectivity index (χ3n) is 3.85. The van der Waals surface area contributed by atoms with Crippen molar-refractivity contribution in [1.82, 2.24) is 9.88 Å². The van der Waals surface area contributed by atoms with E-state index in [1.54, 1.807) is 30.3 Å². The van der Waals surface area contributed by atoms with Crippen molar-refractivity contribution in [3.8, 4) is 5.75 Å². The molecule has 0 N–H and O–H groups in total. The van der Waals surface area contributed by atoms with Crippen LogP contribution >= 0.6 is 11.3 Å². The zero-order valence-corrected chi connectivity index (χ0v) is 16.1. The predicted molar refractivity (Wildman–Crippen MR) is 99.9 cm³/mol. The number of methoxy groups -OCH3 is 1. The fraction of sp³-hybridized carbons (Fsp3) is 0.474. The molecule has 0 spiro atoms. The summed E-state index contributed by atoms with van der Waals surface area (Å²) in [7, 11) is 1.63. The maximum absolute atomic E-state index is 11.7. The molecule has 1 amide bonds. The topological polar surface area (TPSA) is 51.7 Å². The summed E-state index contributed by atoms with van der Waals surface area (Å²) in [5, 5.41) is 2.89. The molecular formula is C19H26N2O3S. The lowest BCUT2D eigenvalue weighted by atomic mass is 10.0. The number of ether oxygens (including phenoxy) is 2. The molecule has 2 aromatic rings. The summed E-state index contributed by atoms with van der Waals surface area (Å²) in [5.74, 6) is 1.33. The standard InChI is InChI=1S/C19H26N2O3S/c1-14(2)17-7-5-6-8-18(17)24-12-19-20-16(13-25-19)11-21(15(3)22)9-10-23-4/h5-8,13-14H,9-12H2,1-4H3. The van der Waals surface area contributed by atoms with Gasteiger partial charge >= 0.3 is 0 Å². The zero-order valence-electron chi connectivity index (χ0n) is 15.3. The van der Waals surface area contributed by atoms with Crippen molar-refractivity contribution in [1.29, 1.82) is 0 Å². The molecule has 1 aromatic carbocycles. The Morgan fingerprint density at radius 2 is 2.08 bits per heavy atom. The van der Waals surface area contributed by atoms with Crippen molar-refractivity contribution in [3.63, 3.8) is 0 Å². The lowest BCUT2D eigenvalue weighted by Gasteiger charge is -2.19. The summed E-state index contributed by atoms with van der Waals surface area (Å²) in [6.45, 7) is 7.89. The van der Waals surface area contributed by atoms with Crippen LogP contribution < -0.4 is 4.74 Å². The molecule has 25 heavy (non-hydrogen) atoms. The Balaban J connectivity index is 1.96. The van der Waals surface area contributed by atoms with Gasteiger partial charge in [0.25, 0.3) is 0 Å². The molecule has 136 valence electrons. The third kappa shape index (κ3) is 5.83. The summed E-state index contributed by atoms with van der Waals surface area (Å²) in [6, 6.07) is 8.09. The average molecular weight is 362 g/mol. The molecule has 0 saturated heterocycles. The fourth-order valence-corrected chi connectivity index (χ4v) is 3.16. The van der Waals surface area contributed by atoms with Crippen LogP contribution in [0.2, 0.25) is 0 Å². The average Bonchev–Trinajstić information content (AvgIpc) is 3.04. The van der Waals surface area contributed by atoms with Crippen molar-refractivity contribution in [2.24, 2.45) is 0 Å². The Bertz CT molecular complexity index is 685. The number of hydrogen-bond donors (Lipinski definition) is 0. The highest BCUT2D eigenvalue weighted by Crippen LogP contribution is 2.27. The SMILES string of the molecule is COCCN(Cc1csc(COc2ccccc2C(C)C)n1)C(C)=O.